The quantitative estimate of drug-likeness (QED) is 0.0693. The van der Waals surface area contributed by atoms with Crippen molar-refractivity contribution in [1.82, 2.24) is 0 Å². The number of hydrogen-bond donors (Lipinski definition) is 2. The van der Waals surface area contributed by atoms with E-state index >= 15 is 0 Å². The van der Waals surface area contributed by atoms with Crippen LogP contribution in [0.15, 0.2) is 125 Å². The van der Waals surface area contributed by atoms with Crippen molar-refractivity contribution < 1.29 is 190 Å². The SMILES string of the molecule is COc1cc(-c2ccc(N=Nc3c(O)c(S(=O)(=O)[O-])cc4ccc(S(=O)(=O)[O-])cc34)c(OC)c2)ccc1N=Nc1c(O)c(S(=O)(=O)[O-])cc2cc(S(=O)(=O)[O-])ccc12.[Na+].[Na+].[Na+].[Na+]. The van der Waals surface area contributed by atoms with Crippen LogP contribution in [0.5, 0.6) is 23.0 Å². The van der Waals surface area contributed by atoms with Gasteiger partial charge in [-0.15, -0.1) is 20.5 Å². The first-order valence-electron chi connectivity index (χ1n) is 15.6. The number of nitrogens with zero attached hydrogens (tertiary/aromatic N) is 4. The van der Waals surface area contributed by atoms with E-state index in [1.165, 1.54) is 50.6 Å². The number of fused-ring (bicyclic) bond motifs is 2. The smallest absolute Gasteiger partial charge is 0.744 e. The average molecular weight is 963 g/mol. The van der Waals surface area contributed by atoms with E-state index in [4.69, 9.17) is 9.47 Å². The maximum absolute atomic E-state index is 11.9. The number of methoxy groups -OCH3 is 2. The number of hydrogen-bond acceptors (Lipinski definition) is 20. The van der Waals surface area contributed by atoms with Gasteiger partial charge in [-0.2, -0.15) is 0 Å². The summed E-state index contributed by atoms with van der Waals surface area (Å²) in [6.07, 6.45) is 0. The average Bonchev–Trinajstić information content (AvgIpc) is 3.14. The van der Waals surface area contributed by atoms with E-state index in [1.807, 2.05) is 0 Å². The van der Waals surface area contributed by atoms with Gasteiger partial charge in [0.1, 0.15) is 74.7 Å². The Morgan fingerprint density at radius 1 is 0.452 bits per heavy atom. The molecule has 2 N–H and O–H groups in total. The molecule has 0 aliphatic carbocycles. The van der Waals surface area contributed by atoms with Gasteiger partial charge in [0.15, 0.2) is 11.5 Å². The molecule has 6 aromatic rings. The summed E-state index contributed by atoms with van der Waals surface area (Å²) in [5, 5.41) is 36.8. The fourth-order valence-corrected chi connectivity index (χ4v) is 7.84. The molecule has 0 unspecified atom stereocenters. The minimum Gasteiger partial charge on any atom is -0.744 e. The van der Waals surface area contributed by atoms with E-state index in [1.54, 1.807) is 0 Å². The number of aromatic hydroxyl groups is 2. The maximum atomic E-state index is 11.9. The van der Waals surface area contributed by atoms with Crippen LogP contribution < -0.4 is 128 Å². The van der Waals surface area contributed by atoms with Crippen molar-refractivity contribution in [1.29, 1.82) is 0 Å². The van der Waals surface area contributed by atoms with Crippen molar-refractivity contribution >= 4 is 84.8 Å². The summed E-state index contributed by atoms with van der Waals surface area (Å²) in [6.45, 7) is 0. The fourth-order valence-electron chi connectivity index (χ4n) is 5.63. The molecule has 6 rings (SSSR count). The molecule has 0 bridgehead atoms. The summed E-state index contributed by atoms with van der Waals surface area (Å²) in [4.78, 5) is -3.69. The van der Waals surface area contributed by atoms with Crippen molar-refractivity contribution in [2.45, 2.75) is 19.6 Å². The Labute approximate surface area is 442 Å². The molecule has 0 heterocycles. The molecule has 6 aromatic carbocycles. The standard InChI is InChI=1S/C34H26N4O16S4.4Na/c1-53-27-12-17(4-9-25(27)35-37-31-23-8-7-21(55(41,42)43)11-20(23)15-30(33(31)39)58(50,51)52)18-5-10-26(28(13-18)54-2)36-38-32-24-16-22(56(44,45)46)6-3-19(24)14-29(34(32)40)57(47,48)49;;;;/h3-16,39-40H,1-2H3,(H,41,42,43)(H,44,45,46)(H,47,48,49)(H,50,51,52);;;;/q;4*+1/p-4. The minimum atomic E-state index is -5.33. The van der Waals surface area contributed by atoms with Crippen LogP contribution in [0.1, 0.15) is 0 Å². The molecule has 0 saturated carbocycles. The Morgan fingerprint density at radius 2 is 0.855 bits per heavy atom. The summed E-state index contributed by atoms with van der Waals surface area (Å²) < 4.78 is 152. The Kier molecular flexibility index (Phi) is 19.4. The largest absolute Gasteiger partial charge is 1.00 e. The summed E-state index contributed by atoms with van der Waals surface area (Å²) in [5.41, 5.74) is -0.222. The van der Waals surface area contributed by atoms with E-state index in [2.05, 4.69) is 20.5 Å². The number of ether oxygens (including phenoxy) is 2. The molecule has 0 atom stereocenters. The van der Waals surface area contributed by atoms with E-state index in [9.17, 15) is 62.1 Å². The normalized spacial score (nSPS) is 12.0. The van der Waals surface area contributed by atoms with Crippen molar-refractivity contribution in [3.63, 3.8) is 0 Å². The summed E-state index contributed by atoms with van der Waals surface area (Å²) in [6, 6.07) is 15.9. The van der Waals surface area contributed by atoms with Gasteiger partial charge in [-0.1, -0.05) is 24.3 Å². The zero-order valence-electron chi connectivity index (χ0n) is 33.1. The van der Waals surface area contributed by atoms with Crippen LogP contribution in [0.4, 0.5) is 22.7 Å². The van der Waals surface area contributed by atoms with Crippen molar-refractivity contribution in [3.05, 3.63) is 84.9 Å². The third-order valence-corrected chi connectivity index (χ3v) is 11.7. The first kappa shape index (κ1) is 56.0. The van der Waals surface area contributed by atoms with E-state index in [-0.39, 0.29) is 163 Å². The zero-order chi connectivity index (χ0) is 42.5. The van der Waals surface area contributed by atoms with Gasteiger partial charge in [0.05, 0.1) is 33.8 Å². The summed E-state index contributed by atoms with van der Waals surface area (Å²) >= 11 is 0. The number of phenolic OH excluding ortho intramolecular Hbond substituents is 2. The molecule has 0 fully saturated rings. The van der Waals surface area contributed by atoms with Gasteiger partial charge in [-0.05, 0) is 82.6 Å². The number of phenols is 2. The van der Waals surface area contributed by atoms with E-state index in [0.717, 1.165) is 42.5 Å². The van der Waals surface area contributed by atoms with Crippen molar-refractivity contribution in [3.8, 4) is 34.1 Å². The van der Waals surface area contributed by atoms with Gasteiger partial charge in [-0.3, -0.25) is 0 Å². The summed E-state index contributed by atoms with van der Waals surface area (Å²) in [5.74, 6) is -2.10. The topological polar surface area (TPSA) is 337 Å². The van der Waals surface area contributed by atoms with Gasteiger partial charge in [0, 0.05) is 10.8 Å². The third-order valence-electron chi connectivity index (χ3n) is 8.37. The molecule has 28 heteroatoms. The van der Waals surface area contributed by atoms with E-state index in [0.29, 0.717) is 17.2 Å². The Hall–Kier alpha value is -2.12. The minimum absolute atomic E-state index is 0. The molecule has 0 aliphatic rings. The fraction of sp³-hybridized carbons (Fsp3) is 0.0588. The second-order valence-corrected chi connectivity index (χ2v) is 17.4. The zero-order valence-corrected chi connectivity index (χ0v) is 44.4. The van der Waals surface area contributed by atoms with Gasteiger partial charge < -0.3 is 37.9 Å². The van der Waals surface area contributed by atoms with Crippen LogP contribution >= 0.6 is 0 Å². The summed E-state index contributed by atoms with van der Waals surface area (Å²) in [7, 11) is -18.0. The van der Waals surface area contributed by atoms with Crippen LogP contribution in [0, 0.1) is 0 Å². The molecule has 0 radical (unpaired) electrons. The van der Waals surface area contributed by atoms with Crippen LogP contribution in [0.2, 0.25) is 0 Å². The predicted octanol–water partition coefficient (Wildman–Crippen LogP) is -6.45. The molecule has 62 heavy (non-hydrogen) atoms. The molecule has 20 nitrogen and oxygen atoms in total. The maximum Gasteiger partial charge on any atom is 1.00 e. The third kappa shape index (κ3) is 12.2. The van der Waals surface area contributed by atoms with Crippen molar-refractivity contribution in [2.75, 3.05) is 14.2 Å². The van der Waals surface area contributed by atoms with E-state index < -0.39 is 82.9 Å². The Bertz CT molecular complexity index is 3250. The molecule has 0 aliphatic heterocycles. The van der Waals surface area contributed by atoms with Crippen molar-refractivity contribution in [2.24, 2.45) is 20.5 Å². The van der Waals surface area contributed by atoms with Crippen LogP contribution in [0.25, 0.3) is 32.7 Å². The number of rotatable bonds is 11. The van der Waals surface area contributed by atoms with Gasteiger partial charge in [0.25, 0.3) is 0 Å². The monoisotopic (exact) mass is 962 g/mol. The molecule has 302 valence electrons. The molecular formula is C34H22N4Na4O16S4. The van der Waals surface area contributed by atoms with Gasteiger partial charge in [0.2, 0.25) is 0 Å². The van der Waals surface area contributed by atoms with Gasteiger partial charge >= 0.3 is 118 Å². The van der Waals surface area contributed by atoms with Gasteiger partial charge in [-0.25, -0.2) is 33.7 Å². The van der Waals surface area contributed by atoms with Crippen LogP contribution in [-0.4, -0.2) is 76.3 Å². The second kappa shape index (κ2) is 21.5. The predicted molar refractivity (Wildman–Crippen MR) is 196 cm³/mol. The molecular weight excluding hydrogens is 941 g/mol. The van der Waals surface area contributed by atoms with Crippen LogP contribution in [0.3, 0.4) is 0 Å². The Morgan fingerprint density at radius 3 is 1.27 bits per heavy atom. The van der Waals surface area contributed by atoms with Crippen LogP contribution in [-0.2, 0) is 40.5 Å². The molecule has 0 amide bonds. The number of benzene rings is 6. The first-order chi connectivity index (χ1) is 27.0. The number of azo groups is 2. The molecule has 0 spiro atoms. The first-order valence-corrected chi connectivity index (χ1v) is 21.3. The second-order valence-electron chi connectivity index (χ2n) is 11.9. The molecule has 0 saturated heterocycles. The Balaban J connectivity index is 0.00000331. The molecule has 0 aromatic heterocycles.